The molecule has 0 saturated heterocycles. The van der Waals surface area contributed by atoms with Crippen LogP contribution in [-0.2, 0) is 37.3 Å². The van der Waals surface area contributed by atoms with Crippen molar-refractivity contribution in [2.24, 2.45) is 5.41 Å². The van der Waals surface area contributed by atoms with E-state index in [1.807, 2.05) is 6.20 Å². The van der Waals surface area contributed by atoms with E-state index in [1.54, 1.807) is 0 Å². The number of allylic oxidation sites excluding steroid dienone is 1. The monoisotopic (exact) mass is 1180 g/mol. The van der Waals surface area contributed by atoms with Gasteiger partial charge in [0.25, 0.3) is 0 Å². The quantitative estimate of drug-likeness (QED) is 0.114. The molecule has 392 valence electrons. The fraction of sp³-hybridized carbons (Fsp3) is 0.286. The van der Waals surface area contributed by atoms with E-state index < -0.39 is 0 Å². The van der Waals surface area contributed by atoms with Gasteiger partial charge in [-0.2, -0.15) is 6.07 Å². The summed E-state index contributed by atoms with van der Waals surface area (Å²) >= 11 is 0. The second-order valence-electron chi connectivity index (χ2n) is 24.3. The van der Waals surface area contributed by atoms with E-state index in [2.05, 4.69) is 294 Å². The van der Waals surface area contributed by atoms with Crippen molar-refractivity contribution in [2.75, 3.05) is 9.80 Å². The van der Waals surface area contributed by atoms with Gasteiger partial charge in [0.2, 0.25) is 0 Å². The molecule has 6 heteroatoms. The van der Waals surface area contributed by atoms with E-state index in [-0.39, 0.29) is 42.7 Å². The molecule has 2 aromatic heterocycles. The van der Waals surface area contributed by atoms with Gasteiger partial charge in [-0.05, 0) is 104 Å². The molecular weight excluding hydrogens is 1110 g/mol. The molecule has 0 unspecified atom stereocenters. The van der Waals surface area contributed by atoms with Crippen molar-refractivity contribution in [1.82, 2.24) is 9.55 Å². The van der Waals surface area contributed by atoms with Crippen molar-refractivity contribution in [2.45, 2.75) is 125 Å². The van der Waals surface area contributed by atoms with Gasteiger partial charge in [0.1, 0.15) is 5.82 Å². The van der Waals surface area contributed by atoms with Crippen molar-refractivity contribution in [3.63, 3.8) is 0 Å². The average molecular weight is 1180 g/mol. The molecule has 9 aromatic rings. The third-order valence-corrected chi connectivity index (χ3v) is 15.6. The first kappa shape index (κ1) is 54.1. The molecule has 76 heavy (non-hydrogen) atoms. The number of pyridine rings is 1. The van der Waals surface area contributed by atoms with Gasteiger partial charge in [0.15, 0.2) is 0 Å². The standard InChI is InChI=1S/C70H73N4O.Pt/c1-46(2)58-29-22-30-59(47(3)4)66(58)48-37-55(72-44-64(68(8,9)10)73(45-72)54-28-21-27-51(39-54)67(5,6)7)42-57(38-48)75-56-32-33-60-61-40-52(69(11,12)49-23-17-15-18-24-49)31-34-62(61)74(63(60)43-56)65-41-53(35-36-71-65)70(13,14)50-25-19-16-20-26-50;/h15-41,44-47H,1-14H3;/q-3;. The zero-order valence-electron chi connectivity index (χ0n) is 46.9. The molecule has 0 amide bonds. The Hall–Kier alpha value is -6.68. The van der Waals surface area contributed by atoms with Crippen LogP contribution in [0.2, 0.25) is 0 Å². The molecule has 1 aliphatic heterocycles. The summed E-state index contributed by atoms with van der Waals surface area (Å²) in [7, 11) is 0. The summed E-state index contributed by atoms with van der Waals surface area (Å²) in [6.07, 6.45) is 4.21. The Balaban J connectivity index is 0.00000706. The molecule has 0 bridgehead atoms. The van der Waals surface area contributed by atoms with Crippen molar-refractivity contribution in [3.8, 4) is 28.4 Å². The molecular formula is C70H73N4OPt-3. The third kappa shape index (κ3) is 10.3. The third-order valence-electron chi connectivity index (χ3n) is 15.6. The van der Waals surface area contributed by atoms with E-state index >= 15 is 0 Å². The summed E-state index contributed by atoms with van der Waals surface area (Å²) in [5.74, 6) is 2.63. The zero-order valence-corrected chi connectivity index (χ0v) is 49.2. The van der Waals surface area contributed by atoms with Gasteiger partial charge < -0.3 is 19.1 Å². The van der Waals surface area contributed by atoms with E-state index in [0.717, 1.165) is 44.6 Å². The first-order chi connectivity index (χ1) is 35.6. The minimum absolute atomic E-state index is 0. The molecule has 0 N–H and O–H groups in total. The second-order valence-corrected chi connectivity index (χ2v) is 24.3. The molecule has 0 spiro atoms. The van der Waals surface area contributed by atoms with Crippen molar-refractivity contribution in [1.29, 1.82) is 0 Å². The summed E-state index contributed by atoms with van der Waals surface area (Å²) < 4.78 is 9.41. The van der Waals surface area contributed by atoms with Gasteiger partial charge in [0.05, 0.1) is 0 Å². The van der Waals surface area contributed by atoms with Crippen LogP contribution in [0.25, 0.3) is 38.8 Å². The molecule has 7 aromatic carbocycles. The number of fused-ring (bicyclic) bond motifs is 3. The number of ether oxygens (including phenoxy) is 1. The van der Waals surface area contributed by atoms with Crippen LogP contribution in [0.4, 0.5) is 11.4 Å². The van der Waals surface area contributed by atoms with E-state index in [0.29, 0.717) is 23.3 Å². The molecule has 5 nitrogen and oxygen atoms in total. The van der Waals surface area contributed by atoms with E-state index in [1.165, 1.54) is 50.2 Å². The zero-order chi connectivity index (χ0) is 53.2. The van der Waals surface area contributed by atoms with Crippen LogP contribution >= 0.6 is 0 Å². The molecule has 0 fully saturated rings. The Kier molecular flexibility index (Phi) is 14.7. The number of nitrogens with zero attached hydrogens (tertiary/aromatic N) is 4. The van der Waals surface area contributed by atoms with Crippen LogP contribution in [0.5, 0.6) is 11.5 Å². The Bertz CT molecular complexity index is 3560. The number of rotatable bonds is 12. The largest absolute Gasteiger partial charge is 0.509 e. The summed E-state index contributed by atoms with van der Waals surface area (Å²) in [5.41, 5.74) is 15.6. The van der Waals surface area contributed by atoms with Crippen LogP contribution in [0.1, 0.15) is 148 Å². The van der Waals surface area contributed by atoms with Gasteiger partial charge in [0, 0.05) is 71.9 Å². The SMILES string of the molecule is CC(C)c1cccc(C(C)C)c1-c1cc(Oc2[c-]c3c(cc2)c2cc(C(C)(C)c4ccccc4)ccc2n3-c2cc(C(C)(C)c3ccccc3)ccn2)[c-]c(N2C=C(C(C)(C)C)N(c3cccc(C(C)(C)C)c3)[CH-]2)c1.[Pt]. The van der Waals surface area contributed by atoms with Gasteiger partial charge in [-0.25, -0.2) is 4.98 Å². The number of anilines is 2. The molecule has 0 saturated carbocycles. The van der Waals surface area contributed by atoms with Gasteiger partial charge >= 0.3 is 0 Å². The Morgan fingerprint density at radius 2 is 1.13 bits per heavy atom. The van der Waals surface area contributed by atoms with Crippen LogP contribution < -0.4 is 14.5 Å². The normalized spacial score (nSPS) is 13.5. The van der Waals surface area contributed by atoms with Crippen molar-refractivity contribution >= 4 is 33.2 Å². The smallest absolute Gasteiger partial charge is 0.135 e. The molecule has 10 rings (SSSR count). The fourth-order valence-electron chi connectivity index (χ4n) is 10.9. The predicted octanol–water partition coefficient (Wildman–Crippen LogP) is 18.8. The number of hydrogen-bond acceptors (Lipinski definition) is 4. The van der Waals surface area contributed by atoms with Gasteiger partial charge in [-0.3, -0.25) is 0 Å². The first-order valence-electron chi connectivity index (χ1n) is 26.8. The number of hydrogen-bond donors (Lipinski definition) is 0. The van der Waals surface area contributed by atoms with Crippen LogP contribution in [-0.4, -0.2) is 9.55 Å². The number of benzene rings is 7. The van der Waals surface area contributed by atoms with Crippen molar-refractivity contribution in [3.05, 3.63) is 234 Å². The maximum absolute atomic E-state index is 7.15. The van der Waals surface area contributed by atoms with Gasteiger partial charge in [-0.1, -0.05) is 206 Å². The maximum Gasteiger partial charge on any atom is 0.135 e. The van der Waals surface area contributed by atoms with Gasteiger partial charge in [-0.15, -0.1) is 53.6 Å². The fourth-order valence-corrected chi connectivity index (χ4v) is 10.9. The second kappa shape index (κ2) is 20.7. The molecule has 0 atom stereocenters. The topological polar surface area (TPSA) is 33.5 Å². The van der Waals surface area contributed by atoms with E-state index in [9.17, 15) is 0 Å². The summed E-state index contributed by atoms with van der Waals surface area (Å²) in [4.78, 5) is 9.68. The maximum atomic E-state index is 7.15. The molecule has 0 aliphatic carbocycles. The van der Waals surface area contributed by atoms with Crippen molar-refractivity contribution < 1.29 is 25.8 Å². The minimum Gasteiger partial charge on any atom is -0.509 e. The predicted molar refractivity (Wildman–Crippen MR) is 315 cm³/mol. The van der Waals surface area contributed by atoms with Crippen LogP contribution in [0.3, 0.4) is 0 Å². The molecule has 0 radical (unpaired) electrons. The van der Waals surface area contributed by atoms with E-state index in [4.69, 9.17) is 9.72 Å². The Labute approximate surface area is 467 Å². The van der Waals surface area contributed by atoms with Crippen LogP contribution in [0.15, 0.2) is 176 Å². The number of aromatic nitrogens is 2. The summed E-state index contributed by atoms with van der Waals surface area (Å²) in [6.45, 7) is 34.2. The van der Waals surface area contributed by atoms with Crippen LogP contribution in [0, 0.1) is 24.2 Å². The molecule has 1 aliphatic rings. The molecule has 3 heterocycles. The Morgan fingerprint density at radius 3 is 1.74 bits per heavy atom. The average Bonchev–Trinajstić information content (AvgIpc) is 4.00. The Morgan fingerprint density at radius 1 is 0.526 bits per heavy atom. The minimum atomic E-state index is -0.270. The summed E-state index contributed by atoms with van der Waals surface area (Å²) in [6, 6.07) is 64.9. The first-order valence-corrected chi connectivity index (χ1v) is 26.8. The summed E-state index contributed by atoms with van der Waals surface area (Å²) in [5, 5.41) is 2.21.